The van der Waals surface area contributed by atoms with Crippen molar-refractivity contribution in [3.05, 3.63) is 20.3 Å². The van der Waals surface area contributed by atoms with E-state index in [9.17, 15) is 76.1 Å². The second kappa shape index (κ2) is 40.7. The Balaban J connectivity index is -0.00000150. The van der Waals surface area contributed by atoms with E-state index >= 15 is 0 Å². The zero-order chi connectivity index (χ0) is 62.8. The van der Waals surface area contributed by atoms with Gasteiger partial charge >= 0.3 is 166 Å². The van der Waals surface area contributed by atoms with Crippen LogP contribution in [0.4, 0.5) is 0 Å². The molecule has 0 amide bonds. The molecule has 5 aliphatic heterocycles. The van der Waals surface area contributed by atoms with Gasteiger partial charge < -0.3 is 142 Å². The van der Waals surface area contributed by atoms with Crippen LogP contribution < -0.4 is 165 Å². The molecule has 16 N–H and O–H groups in total. The normalized spacial score (nSPS) is 37.3. The molecule has 24 atom stereocenters. The van der Waals surface area contributed by atoms with E-state index in [0.717, 1.165) is 13.5 Å². The van der Waals surface area contributed by atoms with Crippen molar-refractivity contribution in [1.82, 2.24) is 0 Å². The average molecular weight is 1410 g/mol. The van der Waals surface area contributed by atoms with Crippen LogP contribution in [0.3, 0.4) is 0 Å². The predicted molar refractivity (Wildman–Crippen MR) is 232 cm³/mol. The summed E-state index contributed by atoms with van der Waals surface area (Å²) in [5.74, 6) is -3.46. The third-order valence-electron chi connectivity index (χ3n) is 10.6. The Morgan fingerprint density at radius 1 is 0.547 bits per heavy atom. The summed E-state index contributed by atoms with van der Waals surface area (Å²) in [6, 6.07) is -4.64. The Bertz CT molecular complexity index is 2550. The molecule has 0 spiro atoms. The molecule has 0 radical (unpaired) electrons. The number of methoxy groups -OCH3 is 1. The molecule has 86 heavy (non-hydrogen) atoms. The van der Waals surface area contributed by atoms with Gasteiger partial charge in [0, 0.05) is 7.11 Å². The number of aliphatic hydroxyl groups excluding tert-OH is 6. The zero-order valence-corrected chi connectivity index (χ0v) is 59.1. The van der Waals surface area contributed by atoms with Gasteiger partial charge in [-0.15, -0.1) is 0 Å². The van der Waals surface area contributed by atoms with E-state index in [1.54, 1.807) is 0 Å². The monoisotopic (exact) mass is 1410 g/mol. The largest absolute Gasteiger partial charge is 1.00 e. The Morgan fingerprint density at radius 2 is 0.988 bits per heavy atom. The quantitative estimate of drug-likeness (QED) is 0.0122. The summed E-state index contributed by atoms with van der Waals surface area (Å²) in [7, 11) is -25.0. The Kier molecular flexibility index (Phi) is 44.7. The second-order valence-corrected chi connectivity index (χ2v) is 20.9. The first kappa shape index (κ1) is 94.6. The smallest absolute Gasteiger partial charge is 0.726 e. The summed E-state index contributed by atoms with van der Waals surface area (Å²) < 4.78 is 235. The van der Waals surface area contributed by atoms with Crippen LogP contribution in [0.2, 0.25) is 0 Å². The minimum absolute atomic E-state index is 0. The molecule has 5 rings (SSSR count). The fraction of sp³-hybridized carbons (Fsp3) is 0.812. The minimum Gasteiger partial charge on any atom is -0.726 e. The summed E-state index contributed by atoms with van der Waals surface area (Å²) in [5.41, 5.74) is 18.0. The van der Waals surface area contributed by atoms with Crippen molar-refractivity contribution in [2.24, 2.45) is 17.2 Å². The van der Waals surface area contributed by atoms with E-state index in [2.05, 4.69) is 27.0 Å². The number of aliphatic hydroxyl groups is 6. The first-order valence-electron chi connectivity index (χ1n) is 21.1. The average Bonchev–Trinajstić information content (AvgIpc) is 2.75. The molecule has 5 heterocycles. The molecule has 0 aromatic rings. The molecular formula is C32H51N3Na5O41S5-3. The van der Waals surface area contributed by atoms with Gasteiger partial charge in [-0.2, -0.15) is 0 Å². The van der Waals surface area contributed by atoms with Gasteiger partial charge in [0.05, 0.1) is 30.9 Å². The van der Waals surface area contributed by atoms with E-state index in [-0.39, 0.29) is 154 Å². The molecule has 0 aromatic carbocycles. The van der Waals surface area contributed by atoms with E-state index in [1.165, 1.54) is 0 Å². The second-order valence-electron chi connectivity index (χ2n) is 16.3. The predicted octanol–water partition coefficient (Wildman–Crippen LogP) is -28.0. The maximum absolute atomic E-state index is 12.8. The van der Waals surface area contributed by atoms with Crippen LogP contribution in [-0.4, -0.2) is 294 Å². The molecule has 44 nitrogen and oxygen atoms in total. The summed E-state index contributed by atoms with van der Waals surface area (Å²) >= 11 is 0. The number of carboxylic acids is 1. The van der Waals surface area contributed by atoms with Gasteiger partial charge in [0.1, 0.15) is 55.1 Å². The Hall–Kier alpha value is 2.20. The maximum atomic E-state index is 12.8. The number of carboxylic acid groups (broad SMARTS) is 1. The first-order valence-corrected chi connectivity index (χ1v) is 27.9. The third kappa shape index (κ3) is 32.8. The molecular weight excluding hydrogens is 1360 g/mol. The first-order chi connectivity index (χ1) is 36.7. The number of aliphatic carboxylic acids is 1. The number of esters is 1. The van der Waals surface area contributed by atoms with Crippen molar-refractivity contribution in [2.75, 3.05) is 13.7 Å². The van der Waals surface area contributed by atoms with E-state index in [4.69, 9.17) is 117 Å². The number of nitrogens with two attached hydrogens (primary N) is 3. The Labute approximate surface area is 598 Å². The van der Waals surface area contributed by atoms with Crippen LogP contribution in [-0.2, 0) is 127 Å². The summed E-state index contributed by atoms with van der Waals surface area (Å²) in [5, 5.41) is 74.9. The summed E-state index contributed by atoms with van der Waals surface area (Å²) in [4.78, 5) is 36.5. The van der Waals surface area contributed by atoms with Gasteiger partial charge in [0.2, 0.25) is 52.0 Å². The SMILES string of the molecule is O=S(=O)([O-])O.O=S(=O)([O-])O.O=S(=O)([O-])O.[CH2-]C1O[C@@H](O[C@H]2C(C(=O)O)O[C@@H](O[C@H]3C(COS(=O)(=O)[O-])O[C@@H](OC)C(N)[C@H]3O)C(OS(=O)(=O)[O-])[C@H]2O)C(N)[CH-][C@H]1O[C@@H]1OC(C(=O)OC=O)[C@H](O[C@@H]2OC([CH2-])[C@H](O)[C@H](O)C2N)[C@H](O)C1O.[Na+].[Na+].[Na+].[Na+].[Na+]. The van der Waals surface area contributed by atoms with Gasteiger partial charge in [-0.1, -0.05) is 18.2 Å². The number of carbonyl (C=O) groups is 3. The molecule has 0 aliphatic carbocycles. The number of rotatable bonds is 17. The standard InChI is InChI=1S/C32H50N3O29S2.5Na.3H2O4S/c1-7-10(57-31-18(41)17(40)21(25(63-31)27(45)53-6-36)61-30-12(34)15(38)14(37)8(2)56-30)4-9(33)28(55-7)60-22-19(42)23(64-66(49,50)51)32(62-24(22)26(43)44)59-20-11(5-54-65(46,47)48)58-29(52-3)13(35)16(20)39;;;;;;3*1-5(2,3)4/h4,6-25,28-32,37-42H,1-2,5,33-35H2,3H3,(H,43,44)(H,46,47,48)(H,49,50,51);;;;;;3*(H2,1,2,3,4)/q-3;5*+1;;;/p-5/t7?,8?,9?,10-,11?,12?,13?,14+,15-,16-,17-,18?,19+,20+,21-,22-,23?,24?,25?,28+,29-,30+,31-,32-;;;;;;;;/m1......../s1. The molecule has 0 aromatic heterocycles. The van der Waals surface area contributed by atoms with Gasteiger partial charge in [-0.05, 0) is 6.10 Å². The van der Waals surface area contributed by atoms with Gasteiger partial charge in [-0.25, -0.2) is 51.7 Å². The topological polar surface area (TPSA) is 738 Å². The van der Waals surface area contributed by atoms with Crippen molar-refractivity contribution in [2.45, 2.75) is 147 Å². The van der Waals surface area contributed by atoms with Crippen LogP contribution in [0.15, 0.2) is 0 Å². The van der Waals surface area contributed by atoms with Crippen molar-refractivity contribution >= 4 is 70.4 Å². The molecule has 5 saturated heterocycles. The van der Waals surface area contributed by atoms with E-state index < -0.39 is 218 Å². The molecule has 0 bridgehead atoms. The number of hydrogen-bond acceptors (Lipinski definition) is 40. The fourth-order valence-corrected chi connectivity index (χ4v) is 8.04. The molecule has 478 valence electrons. The number of hydrogen-bond donors (Lipinski definition) is 13. The van der Waals surface area contributed by atoms with Gasteiger partial charge in [0.25, 0.3) is 0 Å². The van der Waals surface area contributed by atoms with Crippen molar-refractivity contribution in [1.29, 1.82) is 0 Å². The zero-order valence-electron chi connectivity index (χ0n) is 45.0. The van der Waals surface area contributed by atoms with Gasteiger partial charge in [0.15, 0.2) is 43.5 Å². The van der Waals surface area contributed by atoms with Gasteiger partial charge in [-0.3, -0.25) is 33.2 Å². The molecule has 10 unspecified atom stereocenters. The number of ether oxygens (including phenoxy) is 11. The Morgan fingerprint density at radius 3 is 1.44 bits per heavy atom. The van der Waals surface area contributed by atoms with Crippen LogP contribution in [0.5, 0.6) is 0 Å². The fourth-order valence-electron chi connectivity index (χ4n) is 7.26. The molecule has 0 saturated carbocycles. The van der Waals surface area contributed by atoms with Crippen molar-refractivity contribution in [3.8, 4) is 0 Å². The maximum Gasteiger partial charge on any atom is 1.00 e. The van der Waals surface area contributed by atoms with Crippen LogP contribution in [0.25, 0.3) is 0 Å². The third-order valence-corrected chi connectivity index (χ3v) is 11.5. The summed E-state index contributed by atoms with van der Waals surface area (Å²) in [6.07, 6.45) is -40.3. The number of carbonyl (C=O) groups excluding carboxylic acids is 2. The molecule has 54 heteroatoms. The van der Waals surface area contributed by atoms with Crippen molar-refractivity contribution in [3.63, 3.8) is 0 Å². The molecule has 5 fully saturated rings. The molecule has 5 aliphatic rings. The van der Waals surface area contributed by atoms with Crippen LogP contribution in [0.1, 0.15) is 0 Å². The summed E-state index contributed by atoms with van der Waals surface area (Å²) in [6.45, 7) is 5.67. The minimum atomic E-state index is -5.87. The van der Waals surface area contributed by atoms with E-state index in [1.807, 2.05) is 0 Å². The van der Waals surface area contributed by atoms with Crippen LogP contribution in [0, 0.1) is 20.3 Å². The van der Waals surface area contributed by atoms with Crippen LogP contribution >= 0.6 is 0 Å². The van der Waals surface area contributed by atoms with Crippen molar-refractivity contribution < 1.29 is 337 Å². The van der Waals surface area contributed by atoms with E-state index in [0.29, 0.717) is 0 Å².